The molecule has 1 aliphatic rings. The molecule has 1 fully saturated rings. The minimum atomic E-state index is 0.649. The summed E-state index contributed by atoms with van der Waals surface area (Å²) < 4.78 is 15.8. The lowest BCUT2D eigenvalue weighted by Gasteiger charge is -2.21. The van der Waals surface area contributed by atoms with Crippen LogP contribution in [-0.4, -0.2) is 52.7 Å². The van der Waals surface area contributed by atoms with Crippen molar-refractivity contribution in [1.29, 1.82) is 0 Å². The Hall–Kier alpha value is -0.160. The van der Waals surface area contributed by atoms with Gasteiger partial charge in [-0.15, -0.1) is 0 Å². The molecule has 4 heteroatoms. The van der Waals surface area contributed by atoms with E-state index in [1.807, 2.05) is 0 Å². The molecule has 0 aromatic heterocycles. The smallest absolute Gasteiger partial charge is 0.0701 e. The molecule has 0 aliphatic heterocycles. The molecule has 114 valence electrons. The van der Waals surface area contributed by atoms with Gasteiger partial charge < -0.3 is 19.5 Å². The lowest BCUT2D eigenvalue weighted by Crippen LogP contribution is -2.35. The number of ether oxygens (including phenoxy) is 3. The molecule has 4 nitrogen and oxygen atoms in total. The molecule has 0 aromatic carbocycles. The molecular formula is C15H31NO3. The zero-order chi connectivity index (χ0) is 13.9. The van der Waals surface area contributed by atoms with Crippen LogP contribution < -0.4 is 5.32 Å². The third-order valence-corrected chi connectivity index (χ3v) is 4.21. The Morgan fingerprint density at radius 2 is 1.68 bits per heavy atom. The van der Waals surface area contributed by atoms with E-state index in [1.54, 1.807) is 7.11 Å². The van der Waals surface area contributed by atoms with Gasteiger partial charge in [0.05, 0.1) is 33.0 Å². The summed E-state index contributed by atoms with van der Waals surface area (Å²) >= 11 is 0. The number of methoxy groups -OCH3 is 1. The summed E-state index contributed by atoms with van der Waals surface area (Å²) in [6.45, 7) is 9.02. The fourth-order valence-corrected chi connectivity index (χ4v) is 2.89. The molecular weight excluding hydrogens is 242 g/mol. The normalized spacial score (nSPS) is 27.0. The highest BCUT2D eigenvalue weighted by atomic mass is 16.5. The Bertz CT molecular complexity index is 214. The fourth-order valence-electron chi connectivity index (χ4n) is 2.89. The van der Waals surface area contributed by atoms with E-state index < -0.39 is 0 Å². The Morgan fingerprint density at radius 3 is 2.32 bits per heavy atom. The van der Waals surface area contributed by atoms with Crippen LogP contribution in [0.15, 0.2) is 0 Å². The average molecular weight is 273 g/mol. The van der Waals surface area contributed by atoms with Crippen molar-refractivity contribution in [2.24, 2.45) is 11.8 Å². The van der Waals surface area contributed by atoms with Crippen molar-refractivity contribution in [1.82, 2.24) is 5.32 Å². The Labute approximate surface area is 118 Å². The van der Waals surface area contributed by atoms with Crippen LogP contribution >= 0.6 is 0 Å². The number of rotatable bonds is 11. The van der Waals surface area contributed by atoms with E-state index in [4.69, 9.17) is 14.2 Å². The number of hydrogen-bond donors (Lipinski definition) is 1. The summed E-state index contributed by atoms with van der Waals surface area (Å²) in [5, 5.41) is 3.62. The predicted molar refractivity (Wildman–Crippen MR) is 77.5 cm³/mol. The molecule has 1 rings (SSSR count). The number of hydrogen-bond acceptors (Lipinski definition) is 4. The predicted octanol–water partition coefficient (Wildman–Crippen LogP) is 2.08. The van der Waals surface area contributed by atoms with E-state index in [9.17, 15) is 0 Å². The van der Waals surface area contributed by atoms with Crippen molar-refractivity contribution >= 4 is 0 Å². The second kappa shape index (κ2) is 10.6. The first kappa shape index (κ1) is 16.9. The summed E-state index contributed by atoms with van der Waals surface area (Å²) in [7, 11) is 1.68. The highest BCUT2D eigenvalue weighted by Gasteiger charge is 2.30. The van der Waals surface area contributed by atoms with Gasteiger partial charge in [0.1, 0.15) is 0 Å². The van der Waals surface area contributed by atoms with Gasteiger partial charge in [-0.3, -0.25) is 0 Å². The first-order valence-corrected chi connectivity index (χ1v) is 7.67. The molecule has 0 bridgehead atoms. The van der Waals surface area contributed by atoms with Crippen LogP contribution in [0.4, 0.5) is 0 Å². The Kier molecular flexibility index (Phi) is 9.43. The van der Waals surface area contributed by atoms with Crippen LogP contribution in [0.5, 0.6) is 0 Å². The molecule has 3 unspecified atom stereocenters. The second-order valence-electron chi connectivity index (χ2n) is 5.38. The fraction of sp³-hybridized carbons (Fsp3) is 1.00. The van der Waals surface area contributed by atoms with Gasteiger partial charge in [-0.25, -0.2) is 0 Å². The average Bonchev–Trinajstić information content (AvgIpc) is 2.78. The third kappa shape index (κ3) is 6.70. The molecule has 0 aromatic rings. The standard InChI is InChI=1S/C15H31NO3/c1-4-14-5-6-15(13(14)2)16-7-8-18-11-12-19-10-9-17-3/h13-16H,4-12H2,1-3H3. The maximum Gasteiger partial charge on any atom is 0.0701 e. The van der Waals surface area contributed by atoms with E-state index in [0.29, 0.717) is 32.5 Å². The Morgan fingerprint density at radius 1 is 1.00 bits per heavy atom. The summed E-state index contributed by atoms with van der Waals surface area (Å²) in [5.74, 6) is 1.72. The lowest BCUT2D eigenvalue weighted by molar-refractivity contribution is 0.0250. The summed E-state index contributed by atoms with van der Waals surface area (Å²) in [4.78, 5) is 0. The van der Waals surface area contributed by atoms with Gasteiger partial charge in [0.25, 0.3) is 0 Å². The van der Waals surface area contributed by atoms with E-state index in [1.165, 1.54) is 19.3 Å². The quantitative estimate of drug-likeness (QED) is 0.585. The molecule has 3 atom stereocenters. The molecule has 0 amide bonds. The zero-order valence-corrected chi connectivity index (χ0v) is 12.8. The highest BCUT2D eigenvalue weighted by Crippen LogP contribution is 2.33. The SMILES string of the molecule is CCC1CCC(NCCOCCOCCOC)C1C. The van der Waals surface area contributed by atoms with Crippen molar-refractivity contribution in [3.8, 4) is 0 Å². The van der Waals surface area contributed by atoms with E-state index in [2.05, 4.69) is 19.2 Å². The third-order valence-electron chi connectivity index (χ3n) is 4.21. The number of nitrogens with one attached hydrogen (secondary N) is 1. The van der Waals surface area contributed by atoms with Crippen molar-refractivity contribution < 1.29 is 14.2 Å². The van der Waals surface area contributed by atoms with Gasteiger partial charge in [-0.1, -0.05) is 20.3 Å². The van der Waals surface area contributed by atoms with Crippen LogP contribution in [0.2, 0.25) is 0 Å². The minimum absolute atomic E-state index is 0.649. The molecule has 0 radical (unpaired) electrons. The van der Waals surface area contributed by atoms with Crippen LogP contribution in [0.1, 0.15) is 33.1 Å². The molecule has 1 N–H and O–H groups in total. The van der Waals surface area contributed by atoms with Crippen molar-refractivity contribution in [2.45, 2.75) is 39.2 Å². The summed E-state index contributed by atoms with van der Waals surface area (Å²) in [6, 6.07) is 0.687. The van der Waals surface area contributed by atoms with Crippen LogP contribution in [0, 0.1) is 11.8 Å². The highest BCUT2D eigenvalue weighted by molar-refractivity contribution is 4.86. The van der Waals surface area contributed by atoms with Crippen molar-refractivity contribution in [3.05, 3.63) is 0 Å². The summed E-state index contributed by atoms with van der Waals surface area (Å²) in [5.41, 5.74) is 0. The molecule has 1 aliphatic carbocycles. The molecule has 0 spiro atoms. The van der Waals surface area contributed by atoms with Gasteiger partial charge in [0.2, 0.25) is 0 Å². The molecule has 0 heterocycles. The lowest BCUT2D eigenvalue weighted by atomic mass is 9.93. The monoisotopic (exact) mass is 273 g/mol. The largest absolute Gasteiger partial charge is 0.382 e. The van der Waals surface area contributed by atoms with Crippen LogP contribution in [0.3, 0.4) is 0 Å². The van der Waals surface area contributed by atoms with Gasteiger partial charge in [-0.05, 0) is 24.7 Å². The van der Waals surface area contributed by atoms with Crippen LogP contribution in [0.25, 0.3) is 0 Å². The molecule has 1 saturated carbocycles. The van der Waals surface area contributed by atoms with Gasteiger partial charge >= 0.3 is 0 Å². The maximum absolute atomic E-state index is 5.53. The summed E-state index contributed by atoms with van der Waals surface area (Å²) in [6.07, 6.45) is 4.01. The molecule has 0 saturated heterocycles. The van der Waals surface area contributed by atoms with E-state index >= 15 is 0 Å². The zero-order valence-electron chi connectivity index (χ0n) is 12.8. The Balaban J connectivity index is 1.88. The van der Waals surface area contributed by atoms with Crippen LogP contribution in [-0.2, 0) is 14.2 Å². The van der Waals surface area contributed by atoms with Gasteiger partial charge in [0.15, 0.2) is 0 Å². The minimum Gasteiger partial charge on any atom is -0.382 e. The second-order valence-corrected chi connectivity index (χ2v) is 5.38. The first-order chi connectivity index (χ1) is 9.29. The van der Waals surface area contributed by atoms with Crippen molar-refractivity contribution in [3.63, 3.8) is 0 Å². The first-order valence-electron chi connectivity index (χ1n) is 7.67. The van der Waals surface area contributed by atoms with E-state index in [-0.39, 0.29) is 0 Å². The maximum atomic E-state index is 5.53. The molecule has 19 heavy (non-hydrogen) atoms. The van der Waals surface area contributed by atoms with Crippen molar-refractivity contribution in [2.75, 3.05) is 46.7 Å². The van der Waals surface area contributed by atoms with Gasteiger partial charge in [0, 0.05) is 19.7 Å². The topological polar surface area (TPSA) is 39.7 Å². The van der Waals surface area contributed by atoms with E-state index in [0.717, 1.165) is 25.0 Å². The van der Waals surface area contributed by atoms with Gasteiger partial charge in [-0.2, -0.15) is 0 Å².